The highest BCUT2D eigenvalue weighted by Gasteiger charge is 2.14. The predicted molar refractivity (Wildman–Crippen MR) is 145 cm³/mol. The summed E-state index contributed by atoms with van der Waals surface area (Å²) in [5.74, 6) is 0. The van der Waals surface area contributed by atoms with Crippen LogP contribution in [-0.2, 0) is 0 Å². The van der Waals surface area contributed by atoms with E-state index < -0.39 is 0 Å². The molecule has 0 atom stereocenters. The highest BCUT2D eigenvalue weighted by atomic mass is 15.2. The predicted octanol–water partition coefficient (Wildman–Crippen LogP) is 6.29. The van der Waals surface area contributed by atoms with E-state index in [1.165, 1.54) is 38.6 Å². The van der Waals surface area contributed by atoms with E-state index in [1.807, 2.05) is 0 Å². The first kappa shape index (κ1) is 19.8. The van der Waals surface area contributed by atoms with Gasteiger partial charge in [-0.2, -0.15) is 0 Å². The van der Waals surface area contributed by atoms with Crippen LogP contribution in [0.3, 0.4) is 0 Å². The molecule has 35 heavy (non-hydrogen) atoms. The maximum atomic E-state index is 4.87. The SMILES string of the molecule is C1=c2cc(-c3ccccc3)ccc2=NCN1c1ccc2c(c1)c1ccccc1n2-c1ccccc1. The van der Waals surface area contributed by atoms with E-state index in [-0.39, 0.29) is 0 Å². The van der Waals surface area contributed by atoms with Gasteiger partial charge in [0.05, 0.1) is 16.4 Å². The Balaban J connectivity index is 1.37. The van der Waals surface area contributed by atoms with Gasteiger partial charge >= 0.3 is 0 Å². The molecule has 166 valence electrons. The quantitative estimate of drug-likeness (QED) is 0.311. The first-order valence-corrected chi connectivity index (χ1v) is 11.9. The van der Waals surface area contributed by atoms with Crippen LogP contribution in [0.15, 0.2) is 126 Å². The van der Waals surface area contributed by atoms with Crippen molar-refractivity contribution >= 4 is 33.7 Å². The van der Waals surface area contributed by atoms with E-state index in [0.717, 1.165) is 16.3 Å². The van der Waals surface area contributed by atoms with Gasteiger partial charge in [-0.15, -0.1) is 0 Å². The second kappa shape index (κ2) is 8.00. The number of para-hydroxylation sites is 2. The summed E-state index contributed by atoms with van der Waals surface area (Å²) >= 11 is 0. The van der Waals surface area contributed by atoms with Crippen LogP contribution < -0.4 is 15.5 Å². The van der Waals surface area contributed by atoms with Crippen LogP contribution in [0.2, 0.25) is 0 Å². The Morgan fingerprint density at radius 1 is 0.543 bits per heavy atom. The zero-order valence-electron chi connectivity index (χ0n) is 19.2. The number of nitrogens with zero attached hydrogens (tertiary/aromatic N) is 3. The third-order valence-corrected chi connectivity index (χ3v) is 6.83. The van der Waals surface area contributed by atoms with Crippen molar-refractivity contribution in [2.75, 3.05) is 11.6 Å². The molecule has 0 fully saturated rings. The summed E-state index contributed by atoms with van der Waals surface area (Å²) in [6.45, 7) is 0.612. The average molecular weight is 450 g/mol. The molecular weight excluding hydrogens is 426 g/mol. The molecule has 2 heterocycles. The molecule has 1 aromatic heterocycles. The molecule has 6 aromatic rings. The van der Waals surface area contributed by atoms with Crippen LogP contribution in [0.25, 0.3) is 44.8 Å². The summed E-state index contributed by atoms with van der Waals surface area (Å²) in [6, 6.07) is 43.0. The van der Waals surface area contributed by atoms with Gasteiger partial charge in [-0.05, 0) is 59.7 Å². The molecule has 1 aliphatic rings. The van der Waals surface area contributed by atoms with Gasteiger partial charge in [0.1, 0.15) is 6.67 Å². The Morgan fingerprint density at radius 3 is 2.14 bits per heavy atom. The van der Waals surface area contributed by atoms with Crippen molar-refractivity contribution in [3.63, 3.8) is 0 Å². The molecule has 1 aliphatic heterocycles. The van der Waals surface area contributed by atoms with Crippen molar-refractivity contribution in [2.24, 2.45) is 4.99 Å². The topological polar surface area (TPSA) is 20.5 Å². The lowest BCUT2D eigenvalue weighted by atomic mass is 10.0. The summed E-state index contributed by atoms with van der Waals surface area (Å²) < 4.78 is 2.35. The molecule has 3 nitrogen and oxygen atoms in total. The Bertz CT molecular complexity index is 1820. The zero-order valence-corrected chi connectivity index (χ0v) is 19.2. The Hall–Kier alpha value is -4.63. The lowest BCUT2D eigenvalue weighted by Gasteiger charge is -2.21. The number of hydrogen-bond acceptors (Lipinski definition) is 2. The highest BCUT2D eigenvalue weighted by molar-refractivity contribution is 6.10. The third-order valence-electron chi connectivity index (χ3n) is 6.83. The van der Waals surface area contributed by atoms with Crippen LogP contribution >= 0.6 is 0 Å². The number of fused-ring (bicyclic) bond motifs is 4. The second-order valence-corrected chi connectivity index (χ2v) is 8.93. The van der Waals surface area contributed by atoms with E-state index in [9.17, 15) is 0 Å². The number of aromatic nitrogens is 1. The molecule has 0 unspecified atom stereocenters. The minimum Gasteiger partial charge on any atom is -0.327 e. The molecule has 0 saturated heterocycles. The summed E-state index contributed by atoms with van der Waals surface area (Å²) in [4.78, 5) is 7.11. The summed E-state index contributed by atoms with van der Waals surface area (Å²) in [6.07, 6.45) is 2.23. The van der Waals surface area contributed by atoms with Gasteiger partial charge in [-0.25, -0.2) is 0 Å². The van der Waals surface area contributed by atoms with E-state index in [0.29, 0.717) is 6.67 Å². The number of hydrogen-bond donors (Lipinski definition) is 0. The Kier molecular flexibility index (Phi) is 4.52. The highest BCUT2D eigenvalue weighted by Crippen LogP contribution is 2.34. The van der Waals surface area contributed by atoms with E-state index >= 15 is 0 Å². The van der Waals surface area contributed by atoms with Gasteiger partial charge < -0.3 is 9.47 Å². The monoisotopic (exact) mass is 449 g/mol. The van der Waals surface area contributed by atoms with Crippen LogP contribution in [0.5, 0.6) is 0 Å². The smallest absolute Gasteiger partial charge is 0.115 e. The zero-order chi connectivity index (χ0) is 23.2. The average Bonchev–Trinajstić information content (AvgIpc) is 3.27. The van der Waals surface area contributed by atoms with E-state index in [2.05, 4.69) is 137 Å². The summed E-state index contributed by atoms with van der Waals surface area (Å²) in [5, 5.41) is 4.69. The molecule has 0 amide bonds. The van der Waals surface area contributed by atoms with Crippen molar-refractivity contribution in [2.45, 2.75) is 0 Å². The molecule has 0 N–H and O–H groups in total. The molecule has 3 heteroatoms. The minimum atomic E-state index is 0.612. The minimum absolute atomic E-state index is 0.612. The molecule has 0 spiro atoms. The number of rotatable bonds is 3. The molecule has 0 bridgehead atoms. The van der Waals surface area contributed by atoms with Crippen LogP contribution in [0.4, 0.5) is 5.69 Å². The largest absolute Gasteiger partial charge is 0.327 e. The Labute approximate surface area is 203 Å². The Morgan fingerprint density at radius 2 is 1.29 bits per heavy atom. The van der Waals surface area contributed by atoms with Crippen molar-refractivity contribution < 1.29 is 0 Å². The van der Waals surface area contributed by atoms with E-state index in [1.54, 1.807) is 0 Å². The van der Waals surface area contributed by atoms with E-state index in [4.69, 9.17) is 4.99 Å². The standard InChI is InChI=1S/C32H23N3/c1-3-9-23(10-4-1)24-15-17-30-25(19-24)21-34(22-33-30)27-16-18-32-29(20-27)28-13-7-8-14-31(28)35(32)26-11-5-2-6-12-26/h1-21H,22H2. The van der Waals surface area contributed by atoms with Crippen molar-refractivity contribution in [1.82, 2.24) is 4.57 Å². The molecule has 5 aromatic carbocycles. The van der Waals surface area contributed by atoms with Gasteiger partial charge in [0.15, 0.2) is 0 Å². The second-order valence-electron chi connectivity index (χ2n) is 8.93. The first-order chi connectivity index (χ1) is 17.3. The molecule has 0 aliphatic carbocycles. The van der Waals surface area contributed by atoms with Gasteiger partial charge in [0.25, 0.3) is 0 Å². The molecule has 0 saturated carbocycles. The fraction of sp³-hybridized carbons (Fsp3) is 0.0312. The van der Waals surface area contributed by atoms with Crippen LogP contribution in [0.1, 0.15) is 0 Å². The van der Waals surface area contributed by atoms with Crippen molar-refractivity contribution in [1.29, 1.82) is 0 Å². The normalized spacial score (nSPS) is 12.9. The summed E-state index contributed by atoms with van der Waals surface area (Å²) in [7, 11) is 0. The number of benzene rings is 5. The van der Waals surface area contributed by atoms with Gasteiger partial charge in [0, 0.05) is 33.6 Å². The van der Waals surface area contributed by atoms with Crippen molar-refractivity contribution in [3.8, 4) is 16.8 Å². The van der Waals surface area contributed by atoms with Crippen LogP contribution in [0, 0.1) is 0 Å². The van der Waals surface area contributed by atoms with Crippen molar-refractivity contribution in [3.05, 3.63) is 132 Å². The van der Waals surface area contributed by atoms with Gasteiger partial charge in [0.2, 0.25) is 0 Å². The fourth-order valence-electron chi connectivity index (χ4n) is 5.12. The molecule has 7 rings (SSSR count). The maximum Gasteiger partial charge on any atom is 0.115 e. The number of anilines is 1. The first-order valence-electron chi connectivity index (χ1n) is 11.9. The summed E-state index contributed by atoms with van der Waals surface area (Å²) in [5.41, 5.74) is 7.18. The lowest BCUT2D eigenvalue weighted by molar-refractivity contribution is 0.940. The lowest BCUT2D eigenvalue weighted by Crippen LogP contribution is -2.35. The third kappa shape index (κ3) is 3.32. The molecule has 0 radical (unpaired) electrons. The fourth-order valence-corrected chi connectivity index (χ4v) is 5.12. The van der Waals surface area contributed by atoms with Crippen LogP contribution in [-0.4, -0.2) is 11.2 Å². The maximum absolute atomic E-state index is 4.87. The van der Waals surface area contributed by atoms with Gasteiger partial charge in [-0.1, -0.05) is 72.8 Å². The van der Waals surface area contributed by atoms with Gasteiger partial charge in [-0.3, -0.25) is 4.99 Å². The molecular formula is C32H23N3.